The highest BCUT2D eigenvalue weighted by Gasteiger charge is 2.11. The molecule has 8 heteroatoms. The van der Waals surface area contributed by atoms with Gasteiger partial charge in [-0.05, 0) is 45.3 Å². The van der Waals surface area contributed by atoms with Crippen LogP contribution in [-0.4, -0.2) is 28.1 Å². The van der Waals surface area contributed by atoms with Crippen molar-refractivity contribution in [1.82, 2.24) is 9.66 Å². The SMILES string of the molecule is COc1cc(/C=N/n2cnc3sc(-c4ccccc4)cc3c2=O)cc(Br)c1O. The van der Waals surface area contributed by atoms with Gasteiger partial charge in [0.05, 0.1) is 23.2 Å². The van der Waals surface area contributed by atoms with Crippen LogP contribution < -0.4 is 10.3 Å². The average Bonchev–Trinajstić information content (AvgIpc) is 3.16. The number of ether oxygens (including phenoxy) is 1. The summed E-state index contributed by atoms with van der Waals surface area (Å²) in [5.41, 5.74) is 1.45. The first-order valence-electron chi connectivity index (χ1n) is 8.24. The van der Waals surface area contributed by atoms with E-state index in [9.17, 15) is 9.90 Å². The van der Waals surface area contributed by atoms with Crippen molar-refractivity contribution in [3.05, 3.63) is 75.2 Å². The number of fused-ring (bicyclic) bond motifs is 1. The van der Waals surface area contributed by atoms with Gasteiger partial charge in [-0.1, -0.05) is 30.3 Å². The second-order valence-electron chi connectivity index (χ2n) is 5.89. The van der Waals surface area contributed by atoms with Gasteiger partial charge in [0.15, 0.2) is 11.5 Å². The summed E-state index contributed by atoms with van der Waals surface area (Å²) in [7, 11) is 1.46. The number of halogens is 1. The van der Waals surface area contributed by atoms with Gasteiger partial charge in [0.2, 0.25) is 0 Å². The van der Waals surface area contributed by atoms with E-state index in [4.69, 9.17) is 4.74 Å². The second kappa shape index (κ2) is 7.57. The molecule has 0 aliphatic heterocycles. The summed E-state index contributed by atoms with van der Waals surface area (Å²) in [4.78, 5) is 18.8. The van der Waals surface area contributed by atoms with Crippen molar-refractivity contribution in [2.45, 2.75) is 0 Å². The average molecular weight is 456 g/mol. The predicted molar refractivity (Wildman–Crippen MR) is 115 cm³/mol. The fraction of sp³-hybridized carbons (Fsp3) is 0.0500. The van der Waals surface area contributed by atoms with Crippen molar-refractivity contribution in [2.24, 2.45) is 5.10 Å². The lowest BCUT2D eigenvalue weighted by molar-refractivity contribution is 0.372. The molecule has 28 heavy (non-hydrogen) atoms. The minimum absolute atomic E-state index is 0.00613. The van der Waals surface area contributed by atoms with Gasteiger partial charge < -0.3 is 9.84 Å². The molecule has 0 unspecified atom stereocenters. The molecule has 0 atom stereocenters. The maximum Gasteiger partial charge on any atom is 0.282 e. The van der Waals surface area contributed by atoms with Crippen LogP contribution in [0.25, 0.3) is 20.7 Å². The fourth-order valence-corrected chi connectivity index (χ4v) is 4.15. The standard InChI is InChI=1S/C20H14BrN3O3S/c1-27-16-8-12(7-15(21)18(16)25)10-23-24-11-22-19-14(20(24)26)9-17(28-19)13-5-3-2-4-6-13/h2-11,25H,1H3/b23-10+. The molecule has 2 heterocycles. The van der Waals surface area contributed by atoms with E-state index in [0.717, 1.165) is 10.4 Å². The normalized spacial score (nSPS) is 11.4. The van der Waals surface area contributed by atoms with Crippen LogP contribution in [-0.2, 0) is 0 Å². The summed E-state index contributed by atoms with van der Waals surface area (Å²) < 4.78 is 6.79. The second-order valence-corrected chi connectivity index (χ2v) is 7.77. The molecule has 6 nitrogen and oxygen atoms in total. The molecular formula is C20H14BrN3O3S. The summed E-state index contributed by atoms with van der Waals surface area (Å²) in [6.07, 6.45) is 2.91. The molecule has 2 aromatic carbocycles. The number of aromatic nitrogens is 2. The molecule has 0 spiro atoms. The molecule has 0 fully saturated rings. The van der Waals surface area contributed by atoms with Crippen molar-refractivity contribution < 1.29 is 9.84 Å². The van der Waals surface area contributed by atoms with Crippen molar-refractivity contribution in [3.8, 4) is 21.9 Å². The summed E-state index contributed by atoms with van der Waals surface area (Å²) in [6.45, 7) is 0. The molecule has 0 aliphatic rings. The van der Waals surface area contributed by atoms with Gasteiger partial charge in [-0.3, -0.25) is 4.79 Å². The highest BCUT2D eigenvalue weighted by Crippen LogP contribution is 2.34. The fourth-order valence-electron chi connectivity index (χ4n) is 2.69. The number of hydrogen-bond acceptors (Lipinski definition) is 6. The number of rotatable bonds is 4. The smallest absolute Gasteiger partial charge is 0.282 e. The van der Waals surface area contributed by atoms with Crippen LogP contribution in [0.5, 0.6) is 11.5 Å². The lowest BCUT2D eigenvalue weighted by Crippen LogP contribution is -2.16. The van der Waals surface area contributed by atoms with Crippen molar-refractivity contribution >= 4 is 43.7 Å². The molecule has 0 aliphatic carbocycles. The topological polar surface area (TPSA) is 76.7 Å². The molecule has 0 amide bonds. The molecule has 1 N–H and O–H groups in total. The molecule has 0 saturated carbocycles. The Bertz CT molecular complexity index is 1250. The zero-order valence-corrected chi connectivity index (χ0v) is 17.1. The van der Waals surface area contributed by atoms with Gasteiger partial charge in [0.25, 0.3) is 5.56 Å². The predicted octanol–water partition coefficient (Wildman–Crippen LogP) is 4.48. The maximum atomic E-state index is 12.8. The summed E-state index contributed by atoms with van der Waals surface area (Å²) in [5, 5.41) is 14.6. The van der Waals surface area contributed by atoms with Crippen LogP contribution in [0.15, 0.2) is 69.2 Å². The summed E-state index contributed by atoms with van der Waals surface area (Å²) in [5.74, 6) is 0.314. The van der Waals surface area contributed by atoms with E-state index in [1.165, 1.54) is 35.7 Å². The van der Waals surface area contributed by atoms with E-state index in [0.29, 0.717) is 26.0 Å². The maximum absolute atomic E-state index is 12.8. The van der Waals surface area contributed by atoms with E-state index in [1.54, 1.807) is 12.1 Å². The van der Waals surface area contributed by atoms with E-state index >= 15 is 0 Å². The minimum Gasteiger partial charge on any atom is -0.503 e. The molecule has 0 saturated heterocycles. The third-order valence-corrected chi connectivity index (χ3v) is 5.79. The van der Waals surface area contributed by atoms with Crippen LogP contribution in [0.2, 0.25) is 0 Å². The van der Waals surface area contributed by atoms with Crippen molar-refractivity contribution in [2.75, 3.05) is 7.11 Å². The number of thiophene rings is 1. The number of benzene rings is 2. The first-order chi connectivity index (χ1) is 13.6. The van der Waals surface area contributed by atoms with Crippen LogP contribution >= 0.6 is 27.3 Å². The number of aromatic hydroxyl groups is 1. The lowest BCUT2D eigenvalue weighted by Gasteiger charge is -2.06. The highest BCUT2D eigenvalue weighted by atomic mass is 79.9. The van der Waals surface area contributed by atoms with E-state index in [-0.39, 0.29) is 11.3 Å². The summed E-state index contributed by atoms with van der Waals surface area (Å²) >= 11 is 4.73. The number of phenols is 1. The molecular weight excluding hydrogens is 442 g/mol. The van der Waals surface area contributed by atoms with Crippen molar-refractivity contribution in [3.63, 3.8) is 0 Å². The van der Waals surface area contributed by atoms with Crippen LogP contribution in [0.3, 0.4) is 0 Å². The van der Waals surface area contributed by atoms with Gasteiger partial charge in [-0.15, -0.1) is 11.3 Å². The zero-order valence-electron chi connectivity index (χ0n) is 14.7. The van der Waals surface area contributed by atoms with Gasteiger partial charge in [-0.25, -0.2) is 4.98 Å². The largest absolute Gasteiger partial charge is 0.503 e. The van der Waals surface area contributed by atoms with Crippen LogP contribution in [0.1, 0.15) is 5.56 Å². The monoisotopic (exact) mass is 455 g/mol. The van der Waals surface area contributed by atoms with E-state index in [1.807, 2.05) is 36.4 Å². The number of hydrogen-bond donors (Lipinski definition) is 1. The molecule has 0 radical (unpaired) electrons. The molecule has 140 valence electrons. The van der Waals surface area contributed by atoms with Crippen molar-refractivity contribution in [1.29, 1.82) is 0 Å². The lowest BCUT2D eigenvalue weighted by atomic mass is 10.2. The summed E-state index contributed by atoms with van der Waals surface area (Å²) in [6, 6.07) is 15.0. The van der Waals surface area contributed by atoms with Crippen LogP contribution in [0, 0.1) is 0 Å². The Kier molecular flexibility index (Phi) is 4.97. The Labute approximate surface area is 172 Å². The first kappa shape index (κ1) is 18.4. The van der Waals surface area contributed by atoms with Gasteiger partial charge in [0.1, 0.15) is 11.2 Å². The quantitative estimate of drug-likeness (QED) is 0.460. The van der Waals surface area contributed by atoms with Crippen LogP contribution in [0.4, 0.5) is 0 Å². The molecule has 4 rings (SSSR count). The Hall–Kier alpha value is -2.97. The third-order valence-electron chi connectivity index (χ3n) is 4.10. The minimum atomic E-state index is -0.246. The number of nitrogens with zero attached hydrogens (tertiary/aromatic N) is 3. The Balaban J connectivity index is 1.72. The Morgan fingerprint density at radius 3 is 2.79 bits per heavy atom. The number of methoxy groups -OCH3 is 1. The van der Waals surface area contributed by atoms with Gasteiger partial charge >= 0.3 is 0 Å². The molecule has 4 aromatic rings. The van der Waals surface area contributed by atoms with E-state index < -0.39 is 0 Å². The number of phenolic OH excluding ortho intramolecular Hbond substituents is 1. The first-order valence-corrected chi connectivity index (χ1v) is 9.85. The van der Waals surface area contributed by atoms with E-state index in [2.05, 4.69) is 26.0 Å². The zero-order chi connectivity index (χ0) is 19.7. The van der Waals surface area contributed by atoms with Gasteiger partial charge in [-0.2, -0.15) is 9.78 Å². The van der Waals surface area contributed by atoms with Gasteiger partial charge in [0, 0.05) is 4.88 Å². The molecule has 2 aromatic heterocycles. The Morgan fingerprint density at radius 2 is 2.04 bits per heavy atom. The highest BCUT2D eigenvalue weighted by molar-refractivity contribution is 9.10. The molecule has 0 bridgehead atoms. The third kappa shape index (κ3) is 3.44. The Morgan fingerprint density at radius 1 is 1.25 bits per heavy atom.